The van der Waals surface area contributed by atoms with Gasteiger partial charge in [0.05, 0.1) is 4.90 Å². The molecule has 3 rings (SSSR count). The Hall–Kier alpha value is -1.66. The number of imidazole rings is 1. The number of aryl methyl sites for hydroxylation is 2. The van der Waals surface area contributed by atoms with Gasteiger partial charge < -0.3 is 4.57 Å². The topological polar surface area (TPSA) is 64.0 Å². The van der Waals surface area contributed by atoms with Gasteiger partial charge in [-0.05, 0) is 49.9 Å². The third kappa shape index (κ3) is 3.23. The standard InChI is InChI=1S/C16H21N3O2S/c1-12-3-6-15(11-13(12)2)22(20,21)18-8-10-19-9-7-17-16(19)14-4-5-14/h3,6-7,9,11,14,18H,4-5,8,10H2,1-2H3. The van der Waals surface area contributed by atoms with E-state index in [1.807, 2.05) is 30.7 Å². The molecule has 1 saturated carbocycles. The number of rotatable bonds is 6. The van der Waals surface area contributed by atoms with Crippen molar-refractivity contribution in [3.8, 4) is 0 Å². The Balaban J connectivity index is 1.64. The van der Waals surface area contributed by atoms with Crippen molar-refractivity contribution in [1.29, 1.82) is 0 Å². The molecule has 1 aromatic carbocycles. The van der Waals surface area contributed by atoms with E-state index < -0.39 is 10.0 Å². The van der Waals surface area contributed by atoms with Gasteiger partial charge in [0.2, 0.25) is 10.0 Å². The molecule has 0 saturated heterocycles. The van der Waals surface area contributed by atoms with E-state index in [2.05, 4.69) is 9.71 Å². The van der Waals surface area contributed by atoms with Crippen molar-refractivity contribution in [2.45, 2.75) is 44.0 Å². The highest BCUT2D eigenvalue weighted by Crippen LogP contribution is 2.38. The lowest BCUT2D eigenvalue weighted by molar-refractivity contribution is 0.569. The molecular weight excluding hydrogens is 298 g/mol. The molecule has 22 heavy (non-hydrogen) atoms. The Bertz CT molecular complexity index is 776. The highest BCUT2D eigenvalue weighted by Gasteiger charge is 2.27. The van der Waals surface area contributed by atoms with Gasteiger partial charge in [-0.3, -0.25) is 0 Å². The second kappa shape index (κ2) is 5.85. The van der Waals surface area contributed by atoms with Gasteiger partial charge in [-0.1, -0.05) is 6.07 Å². The quantitative estimate of drug-likeness (QED) is 0.889. The Morgan fingerprint density at radius 3 is 2.73 bits per heavy atom. The van der Waals surface area contributed by atoms with Gasteiger partial charge in [-0.25, -0.2) is 18.1 Å². The molecule has 1 aliphatic carbocycles. The number of aromatic nitrogens is 2. The number of benzene rings is 1. The number of hydrogen-bond acceptors (Lipinski definition) is 3. The summed E-state index contributed by atoms with van der Waals surface area (Å²) in [7, 11) is -3.45. The molecule has 0 atom stereocenters. The Kier molecular flexibility index (Phi) is 4.06. The van der Waals surface area contributed by atoms with Gasteiger partial charge in [-0.15, -0.1) is 0 Å². The minimum absolute atomic E-state index is 0.323. The van der Waals surface area contributed by atoms with Gasteiger partial charge in [-0.2, -0.15) is 0 Å². The fourth-order valence-electron chi connectivity index (χ4n) is 2.48. The van der Waals surface area contributed by atoms with Crippen molar-refractivity contribution >= 4 is 10.0 Å². The predicted molar refractivity (Wildman–Crippen MR) is 85.3 cm³/mol. The van der Waals surface area contributed by atoms with Crippen LogP contribution in [-0.4, -0.2) is 24.5 Å². The lowest BCUT2D eigenvalue weighted by atomic mass is 10.1. The molecule has 0 aliphatic heterocycles. The molecule has 5 nitrogen and oxygen atoms in total. The zero-order valence-corrected chi connectivity index (χ0v) is 13.7. The minimum atomic E-state index is -3.45. The number of nitrogens with zero attached hydrogens (tertiary/aromatic N) is 2. The van der Waals surface area contributed by atoms with Crippen LogP contribution < -0.4 is 4.72 Å². The molecule has 0 unspecified atom stereocenters. The molecule has 0 spiro atoms. The van der Waals surface area contributed by atoms with Crippen molar-refractivity contribution < 1.29 is 8.42 Å². The third-order valence-electron chi connectivity index (χ3n) is 4.12. The Labute approximate surface area is 131 Å². The van der Waals surface area contributed by atoms with E-state index in [9.17, 15) is 8.42 Å². The molecule has 1 fully saturated rings. The fourth-order valence-corrected chi connectivity index (χ4v) is 3.58. The summed E-state index contributed by atoms with van der Waals surface area (Å²) >= 11 is 0. The predicted octanol–water partition coefficient (Wildman–Crippen LogP) is 2.36. The first-order chi connectivity index (χ1) is 10.5. The lowest BCUT2D eigenvalue weighted by Gasteiger charge is -2.10. The summed E-state index contributed by atoms with van der Waals surface area (Å²) in [5, 5.41) is 0. The monoisotopic (exact) mass is 319 g/mol. The third-order valence-corrected chi connectivity index (χ3v) is 5.58. The van der Waals surface area contributed by atoms with Crippen LogP contribution in [0.25, 0.3) is 0 Å². The summed E-state index contributed by atoms with van der Waals surface area (Å²) < 4.78 is 29.4. The molecule has 0 radical (unpaired) electrons. The summed E-state index contributed by atoms with van der Waals surface area (Å²) in [6.07, 6.45) is 6.07. The molecular formula is C16H21N3O2S. The first-order valence-corrected chi connectivity index (χ1v) is 9.03. The highest BCUT2D eigenvalue weighted by atomic mass is 32.2. The van der Waals surface area contributed by atoms with Crippen LogP contribution >= 0.6 is 0 Å². The van der Waals surface area contributed by atoms with Gasteiger partial charge in [0.1, 0.15) is 5.82 Å². The summed E-state index contributed by atoms with van der Waals surface area (Å²) in [5.41, 5.74) is 2.07. The van der Waals surface area contributed by atoms with Gasteiger partial charge in [0.15, 0.2) is 0 Å². The SMILES string of the molecule is Cc1ccc(S(=O)(=O)NCCn2ccnc2C2CC2)cc1C. The molecule has 1 N–H and O–H groups in total. The summed E-state index contributed by atoms with van der Waals surface area (Å²) in [5.74, 6) is 1.64. The largest absolute Gasteiger partial charge is 0.333 e. The van der Waals surface area contributed by atoms with Crippen LogP contribution in [0.15, 0.2) is 35.5 Å². The van der Waals surface area contributed by atoms with Gasteiger partial charge in [0, 0.05) is 31.4 Å². The Morgan fingerprint density at radius 1 is 1.27 bits per heavy atom. The molecule has 0 bridgehead atoms. The lowest BCUT2D eigenvalue weighted by Crippen LogP contribution is -2.27. The van der Waals surface area contributed by atoms with Crippen LogP contribution in [0.4, 0.5) is 0 Å². The zero-order chi connectivity index (χ0) is 15.7. The van der Waals surface area contributed by atoms with Crippen LogP contribution in [0.1, 0.15) is 35.7 Å². The Morgan fingerprint density at radius 2 is 2.05 bits per heavy atom. The maximum Gasteiger partial charge on any atom is 0.240 e. The van der Waals surface area contributed by atoms with Crippen molar-refractivity contribution in [2.24, 2.45) is 0 Å². The van der Waals surface area contributed by atoms with E-state index in [1.54, 1.807) is 18.3 Å². The van der Waals surface area contributed by atoms with Gasteiger partial charge >= 0.3 is 0 Å². The van der Waals surface area contributed by atoms with Crippen molar-refractivity contribution in [3.63, 3.8) is 0 Å². The smallest absolute Gasteiger partial charge is 0.240 e. The van der Waals surface area contributed by atoms with Crippen molar-refractivity contribution in [3.05, 3.63) is 47.5 Å². The number of sulfonamides is 1. The maximum absolute atomic E-state index is 12.3. The maximum atomic E-state index is 12.3. The number of hydrogen-bond donors (Lipinski definition) is 1. The average molecular weight is 319 g/mol. The number of nitrogens with one attached hydrogen (secondary N) is 1. The average Bonchev–Trinajstić information content (AvgIpc) is 3.21. The summed E-state index contributed by atoms with van der Waals surface area (Å²) in [6.45, 7) is 4.86. The molecule has 1 aromatic heterocycles. The van der Waals surface area contributed by atoms with Crippen LogP contribution in [0.2, 0.25) is 0 Å². The highest BCUT2D eigenvalue weighted by molar-refractivity contribution is 7.89. The second-order valence-corrected chi connectivity index (χ2v) is 7.66. The molecule has 1 aliphatic rings. The molecule has 6 heteroatoms. The fraction of sp³-hybridized carbons (Fsp3) is 0.438. The molecule has 2 aromatic rings. The minimum Gasteiger partial charge on any atom is -0.333 e. The van der Waals surface area contributed by atoms with Crippen LogP contribution in [0.3, 0.4) is 0 Å². The zero-order valence-electron chi connectivity index (χ0n) is 12.9. The van der Waals surface area contributed by atoms with Crippen molar-refractivity contribution in [1.82, 2.24) is 14.3 Å². The molecule has 0 amide bonds. The van der Waals surface area contributed by atoms with E-state index in [0.717, 1.165) is 17.0 Å². The first kappa shape index (κ1) is 15.2. The second-order valence-electron chi connectivity index (χ2n) is 5.90. The van der Waals surface area contributed by atoms with E-state index >= 15 is 0 Å². The van der Waals surface area contributed by atoms with E-state index in [4.69, 9.17) is 0 Å². The summed E-state index contributed by atoms with van der Waals surface area (Å²) in [6, 6.07) is 5.20. The molecule has 1 heterocycles. The normalized spacial score (nSPS) is 15.2. The summed E-state index contributed by atoms with van der Waals surface area (Å²) in [4.78, 5) is 4.68. The first-order valence-electron chi connectivity index (χ1n) is 7.55. The van der Waals surface area contributed by atoms with E-state index in [1.165, 1.54) is 12.8 Å². The van der Waals surface area contributed by atoms with Gasteiger partial charge in [0.25, 0.3) is 0 Å². The van der Waals surface area contributed by atoms with E-state index in [0.29, 0.717) is 23.9 Å². The molecule has 118 valence electrons. The van der Waals surface area contributed by atoms with Crippen LogP contribution in [0.5, 0.6) is 0 Å². The van der Waals surface area contributed by atoms with Crippen LogP contribution in [0, 0.1) is 13.8 Å². The van der Waals surface area contributed by atoms with Crippen molar-refractivity contribution in [2.75, 3.05) is 6.54 Å². The van der Waals surface area contributed by atoms with E-state index in [-0.39, 0.29) is 0 Å². The van der Waals surface area contributed by atoms with Crippen LogP contribution in [-0.2, 0) is 16.6 Å².